The fraction of sp³-hybridized carbons (Fsp3) is 0.500. The van der Waals surface area contributed by atoms with Gasteiger partial charge >= 0.3 is 0 Å². The summed E-state index contributed by atoms with van der Waals surface area (Å²) in [5.74, 6) is 1.46. The molecule has 0 aliphatic rings. The zero-order valence-electron chi connectivity index (χ0n) is 11.8. The van der Waals surface area contributed by atoms with Crippen molar-refractivity contribution in [3.63, 3.8) is 0 Å². The van der Waals surface area contributed by atoms with Crippen LogP contribution >= 0.6 is 11.6 Å². The monoisotopic (exact) mass is 280 g/mol. The maximum atomic E-state index is 6.09. The minimum atomic E-state index is 0.471. The van der Waals surface area contributed by atoms with Gasteiger partial charge in [0.1, 0.15) is 5.65 Å². The Kier molecular flexibility index (Phi) is 4.66. The fourth-order valence-electron chi connectivity index (χ4n) is 2.19. The van der Waals surface area contributed by atoms with Crippen LogP contribution in [0.5, 0.6) is 0 Å². The number of anilines is 1. The van der Waals surface area contributed by atoms with Gasteiger partial charge in [-0.3, -0.25) is 0 Å². The first-order chi connectivity index (χ1) is 9.13. The molecule has 2 aromatic heterocycles. The van der Waals surface area contributed by atoms with Crippen LogP contribution in [0.2, 0.25) is 0 Å². The molecule has 0 saturated carbocycles. The number of hydrogen-bond acceptors (Lipinski definition) is 3. The zero-order valence-corrected chi connectivity index (χ0v) is 12.6. The molecule has 0 atom stereocenters. The number of halogens is 1. The number of pyridine rings is 1. The van der Waals surface area contributed by atoms with Crippen LogP contribution < -0.4 is 4.90 Å². The van der Waals surface area contributed by atoms with E-state index in [4.69, 9.17) is 11.6 Å². The van der Waals surface area contributed by atoms with Crippen molar-refractivity contribution in [2.24, 2.45) is 0 Å². The van der Waals surface area contributed by atoms with Crippen molar-refractivity contribution in [1.29, 1.82) is 0 Å². The molecule has 2 heterocycles. The average Bonchev–Trinajstić information content (AvgIpc) is 2.76. The molecule has 104 valence electrons. The largest absolute Gasteiger partial charge is 0.358 e. The summed E-state index contributed by atoms with van der Waals surface area (Å²) in [7, 11) is 6.26. The molecule has 0 spiro atoms. The first kappa shape index (κ1) is 14.2. The van der Waals surface area contributed by atoms with Gasteiger partial charge in [0.25, 0.3) is 0 Å². The van der Waals surface area contributed by atoms with E-state index < -0.39 is 0 Å². The Morgan fingerprint density at radius 2 is 2.00 bits per heavy atom. The summed E-state index contributed by atoms with van der Waals surface area (Å²) in [4.78, 5) is 9.06. The maximum absolute atomic E-state index is 6.09. The van der Waals surface area contributed by atoms with E-state index in [9.17, 15) is 0 Å². The molecule has 0 radical (unpaired) electrons. The Bertz CT molecular complexity index is 535. The summed E-state index contributed by atoms with van der Waals surface area (Å²) in [6.07, 6.45) is 3.12. The summed E-state index contributed by atoms with van der Waals surface area (Å²) in [6, 6.07) is 6.00. The van der Waals surface area contributed by atoms with Crippen molar-refractivity contribution >= 4 is 23.1 Å². The van der Waals surface area contributed by atoms with Crippen LogP contribution in [0, 0.1) is 0 Å². The Morgan fingerprint density at radius 1 is 1.21 bits per heavy atom. The van der Waals surface area contributed by atoms with E-state index in [2.05, 4.69) is 40.3 Å². The van der Waals surface area contributed by atoms with Gasteiger partial charge < -0.3 is 14.2 Å². The van der Waals surface area contributed by atoms with Gasteiger partial charge in [0.2, 0.25) is 0 Å². The van der Waals surface area contributed by atoms with E-state index in [-0.39, 0.29) is 0 Å². The molecule has 0 aromatic carbocycles. The minimum absolute atomic E-state index is 0.471. The van der Waals surface area contributed by atoms with E-state index in [0.717, 1.165) is 36.7 Å². The van der Waals surface area contributed by atoms with Crippen LogP contribution in [0.4, 0.5) is 5.82 Å². The highest BCUT2D eigenvalue weighted by atomic mass is 35.5. The fourth-order valence-corrected chi connectivity index (χ4v) is 2.44. The molecule has 0 amide bonds. The number of nitrogens with zero attached hydrogens (tertiary/aromatic N) is 4. The van der Waals surface area contributed by atoms with Gasteiger partial charge in [-0.05, 0) is 39.2 Å². The van der Waals surface area contributed by atoms with Crippen LogP contribution in [-0.2, 0) is 5.88 Å². The molecule has 0 saturated heterocycles. The van der Waals surface area contributed by atoms with Crippen LogP contribution in [0.3, 0.4) is 0 Å². The molecule has 0 aliphatic heterocycles. The van der Waals surface area contributed by atoms with Gasteiger partial charge in [0, 0.05) is 19.8 Å². The predicted molar refractivity (Wildman–Crippen MR) is 81.2 cm³/mol. The second kappa shape index (κ2) is 6.26. The lowest BCUT2D eigenvalue weighted by Crippen LogP contribution is -2.24. The topological polar surface area (TPSA) is 23.8 Å². The van der Waals surface area contributed by atoms with Crippen LogP contribution in [0.1, 0.15) is 12.1 Å². The summed E-state index contributed by atoms with van der Waals surface area (Å²) >= 11 is 6.09. The normalized spacial score (nSPS) is 11.4. The van der Waals surface area contributed by atoms with Crippen molar-refractivity contribution in [2.75, 3.05) is 39.1 Å². The molecule has 0 fully saturated rings. The number of fused-ring (bicyclic) bond motifs is 1. The van der Waals surface area contributed by atoms with Crippen LogP contribution in [-0.4, -0.2) is 48.5 Å². The van der Waals surface area contributed by atoms with Crippen molar-refractivity contribution < 1.29 is 0 Å². The SMILES string of the molecule is CN(C)CCCN(C)c1nc2ccccn2c1CCl. The number of hydrogen-bond donors (Lipinski definition) is 0. The van der Waals surface area contributed by atoms with E-state index >= 15 is 0 Å². The van der Waals surface area contributed by atoms with Gasteiger partial charge in [-0.1, -0.05) is 6.07 Å². The van der Waals surface area contributed by atoms with Gasteiger partial charge in [-0.15, -0.1) is 11.6 Å². The van der Waals surface area contributed by atoms with Gasteiger partial charge in [0.15, 0.2) is 5.82 Å². The first-order valence-corrected chi connectivity index (χ1v) is 7.04. The summed E-state index contributed by atoms with van der Waals surface area (Å²) in [5, 5.41) is 0. The number of rotatable bonds is 6. The molecular formula is C14H21ClN4. The lowest BCUT2D eigenvalue weighted by atomic mass is 10.3. The average molecular weight is 281 g/mol. The molecule has 0 aliphatic carbocycles. The molecule has 2 aromatic rings. The Hall–Kier alpha value is -1.26. The molecule has 2 rings (SSSR count). The van der Waals surface area contributed by atoms with Gasteiger partial charge in [-0.25, -0.2) is 4.98 Å². The quantitative estimate of drug-likeness (QED) is 0.760. The summed E-state index contributed by atoms with van der Waals surface area (Å²) < 4.78 is 2.06. The highest BCUT2D eigenvalue weighted by Gasteiger charge is 2.14. The zero-order chi connectivity index (χ0) is 13.8. The molecule has 4 nitrogen and oxygen atoms in total. The second-order valence-corrected chi connectivity index (χ2v) is 5.29. The molecule has 0 unspecified atom stereocenters. The molecule has 0 bridgehead atoms. The first-order valence-electron chi connectivity index (χ1n) is 6.51. The van der Waals surface area contributed by atoms with Crippen molar-refractivity contribution in [2.45, 2.75) is 12.3 Å². The maximum Gasteiger partial charge on any atom is 0.152 e. The Balaban J connectivity index is 2.19. The third-order valence-electron chi connectivity index (χ3n) is 3.19. The van der Waals surface area contributed by atoms with E-state index in [1.54, 1.807) is 0 Å². The Morgan fingerprint density at radius 3 is 2.68 bits per heavy atom. The molecular weight excluding hydrogens is 260 g/mol. The van der Waals surface area contributed by atoms with Gasteiger partial charge in [0.05, 0.1) is 11.6 Å². The van der Waals surface area contributed by atoms with E-state index in [1.807, 2.05) is 24.4 Å². The third kappa shape index (κ3) is 3.19. The highest BCUT2D eigenvalue weighted by molar-refractivity contribution is 6.17. The number of aromatic nitrogens is 2. The van der Waals surface area contributed by atoms with Crippen molar-refractivity contribution in [3.05, 3.63) is 30.1 Å². The molecule has 0 N–H and O–H groups in total. The second-order valence-electron chi connectivity index (χ2n) is 5.02. The van der Waals surface area contributed by atoms with Crippen LogP contribution in [0.15, 0.2) is 24.4 Å². The third-order valence-corrected chi connectivity index (χ3v) is 3.45. The van der Waals surface area contributed by atoms with Crippen LogP contribution in [0.25, 0.3) is 5.65 Å². The minimum Gasteiger partial charge on any atom is -0.358 e. The Labute approximate surface area is 119 Å². The van der Waals surface area contributed by atoms with E-state index in [0.29, 0.717) is 5.88 Å². The standard InChI is InChI=1S/C14H21ClN4/c1-17(2)8-6-9-18(3)14-12(11-15)19-10-5-4-7-13(19)16-14/h4-5,7,10H,6,8-9,11H2,1-3H3. The lowest BCUT2D eigenvalue weighted by molar-refractivity contribution is 0.401. The number of imidazole rings is 1. The lowest BCUT2D eigenvalue weighted by Gasteiger charge is -2.19. The van der Waals surface area contributed by atoms with Crippen molar-refractivity contribution in [1.82, 2.24) is 14.3 Å². The van der Waals surface area contributed by atoms with Crippen molar-refractivity contribution in [3.8, 4) is 0 Å². The summed E-state index contributed by atoms with van der Waals surface area (Å²) in [6.45, 7) is 2.06. The number of alkyl halides is 1. The van der Waals surface area contributed by atoms with E-state index in [1.165, 1.54) is 0 Å². The summed E-state index contributed by atoms with van der Waals surface area (Å²) in [5.41, 5.74) is 2.01. The van der Waals surface area contributed by atoms with Gasteiger partial charge in [-0.2, -0.15) is 0 Å². The molecule has 5 heteroatoms. The molecule has 19 heavy (non-hydrogen) atoms. The predicted octanol–water partition coefficient (Wildman–Crippen LogP) is 2.46. The highest BCUT2D eigenvalue weighted by Crippen LogP contribution is 2.22. The smallest absolute Gasteiger partial charge is 0.152 e.